The van der Waals surface area contributed by atoms with Gasteiger partial charge in [0.1, 0.15) is 17.5 Å². The zero-order valence-corrected chi connectivity index (χ0v) is 12.1. The molecule has 1 fully saturated rings. The number of nitrogens with one attached hydrogen (secondary N) is 1. The van der Waals surface area contributed by atoms with Gasteiger partial charge in [0.15, 0.2) is 0 Å². The molecule has 0 unspecified atom stereocenters. The van der Waals surface area contributed by atoms with Gasteiger partial charge in [-0.25, -0.2) is 9.97 Å². The molecular formula is C14H24N4O. The third-order valence-corrected chi connectivity index (χ3v) is 3.31. The molecular weight excluding hydrogens is 240 g/mol. The van der Waals surface area contributed by atoms with Crippen molar-refractivity contribution in [3.05, 3.63) is 11.9 Å². The van der Waals surface area contributed by atoms with E-state index < -0.39 is 0 Å². The number of nitrogens with zero attached hydrogens (tertiary/aromatic N) is 3. The van der Waals surface area contributed by atoms with Gasteiger partial charge in [-0.05, 0) is 19.3 Å². The van der Waals surface area contributed by atoms with Crippen LogP contribution in [0.2, 0.25) is 0 Å². The first-order chi connectivity index (χ1) is 9.28. The highest BCUT2D eigenvalue weighted by Gasteiger charge is 2.30. The molecule has 0 saturated heterocycles. The number of aryl methyl sites for hydroxylation is 1. The normalized spacial score (nSPS) is 14.5. The van der Waals surface area contributed by atoms with Crippen molar-refractivity contribution in [3.63, 3.8) is 0 Å². The number of anilines is 2. The summed E-state index contributed by atoms with van der Waals surface area (Å²) in [7, 11) is 3.64. The van der Waals surface area contributed by atoms with Gasteiger partial charge in [-0.3, -0.25) is 0 Å². The summed E-state index contributed by atoms with van der Waals surface area (Å²) >= 11 is 0. The zero-order chi connectivity index (χ0) is 13.7. The lowest BCUT2D eigenvalue weighted by Gasteiger charge is -2.24. The molecule has 1 saturated carbocycles. The van der Waals surface area contributed by atoms with Crippen molar-refractivity contribution in [2.24, 2.45) is 0 Å². The monoisotopic (exact) mass is 264 g/mol. The minimum atomic E-state index is 0.629. The maximum absolute atomic E-state index is 5.21. The van der Waals surface area contributed by atoms with E-state index in [4.69, 9.17) is 9.72 Å². The average molecular weight is 264 g/mol. The van der Waals surface area contributed by atoms with E-state index in [9.17, 15) is 0 Å². The Kier molecular flexibility index (Phi) is 4.96. The van der Waals surface area contributed by atoms with Gasteiger partial charge in [0.2, 0.25) is 0 Å². The smallest absolute Gasteiger partial charge is 0.134 e. The molecule has 1 heterocycles. The molecule has 5 nitrogen and oxygen atoms in total. The van der Waals surface area contributed by atoms with Gasteiger partial charge >= 0.3 is 0 Å². The van der Waals surface area contributed by atoms with E-state index in [0.717, 1.165) is 43.5 Å². The Morgan fingerprint density at radius 2 is 2.21 bits per heavy atom. The van der Waals surface area contributed by atoms with Crippen LogP contribution in [0.1, 0.15) is 32.0 Å². The number of ether oxygens (including phenoxy) is 1. The highest BCUT2D eigenvalue weighted by Crippen LogP contribution is 2.31. The molecule has 1 aliphatic carbocycles. The number of methoxy groups -OCH3 is 1. The Morgan fingerprint density at radius 3 is 2.79 bits per heavy atom. The van der Waals surface area contributed by atoms with Crippen molar-refractivity contribution < 1.29 is 4.74 Å². The Morgan fingerprint density at radius 1 is 1.42 bits per heavy atom. The minimum Gasteiger partial charge on any atom is -0.383 e. The van der Waals surface area contributed by atoms with Gasteiger partial charge in [0.05, 0.1) is 6.61 Å². The topological polar surface area (TPSA) is 50.3 Å². The SMILES string of the molecule is CCCc1nc(NC)cc(N(CCOC)C2CC2)n1. The average Bonchev–Trinajstić information content (AvgIpc) is 3.24. The van der Waals surface area contributed by atoms with Crippen LogP contribution in [-0.4, -0.2) is 43.3 Å². The van der Waals surface area contributed by atoms with Crippen LogP contribution in [0.25, 0.3) is 0 Å². The van der Waals surface area contributed by atoms with Crippen LogP contribution in [0.4, 0.5) is 11.6 Å². The lowest BCUT2D eigenvalue weighted by Crippen LogP contribution is -2.30. The summed E-state index contributed by atoms with van der Waals surface area (Å²) in [5, 5.41) is 3.13. The second-order valence-electron chi connectivity index (χ2n) is 4.94. The predicted molar refractivity (Wildman–Crippen MR) is 77.8 cm³/mol. The fourth-order valence-electron chi connectivity index (χ4n) is 2.15. The Labute approximate surface area is 115 Å². The summed E-state index contributed by atoms with van der Waals surface area (Å²) in [6.07, 6.45) is 4.50. The second-order valence-corrected chi connectivity index (χ2v) is 4.94. The molecule has 5 heteroatoms. The molecule has 0 aromatic carbocycles. The first-order valence-electron chi connectivity index (χ1n) is 7.09. The molecule has 0 amide bonds. The molecule has 2 rings (SSSR count). The molecule has 1 aromatic rings. The molecule has 0 atom stereocenters. The van der Waals surface area contributed by atoms with E-state index in [1.807, 2.05) is 13.1 Å². The summed E-state index contributed by atoms with van der Waals surface area (Å²) < 4.78 is 5.21. The quantitative estimate of drug-likeness (QED) is 0.779. The van der Waals surface area contributed by atoms with Crippen molar-refractivity contribution in [2.45, 2.75) is 38.6 Å². The number of hydrogen-bond acceptors (Lipinski definition) is 5. The summed E-state index contributed by atoms with van der Waals surface area (Å²) in [4.78, 5) is 11.6. The number of aromatic nitrogens is 2. The summed E-state index contributed by atoms with van der Waals surface area (Å²) in [6.45, 7) is 3.78. The minimum absolute atomic E-state index is 0.629. The molecule has 0 aliphatic heterocycles. The van der Waals surface area contributed by atoms with E-state index in [0.29, 0.717) is 6.04 Å². The summed E-state index contributed by atoms with van der Waals surface area (Å²) in [5.41, 5.74) is 0. The van der Waals surface area contributed by atoms with Crippen molar-refractivity contribution in [1.29, 1.82) is 0 Å². The molecule has 0 spiro atoms. The first kappa shape index (κ1) is 14.1. The molecule has 1 N–H and O–H groups in total. The maximum Gasteiger partial charge on any atom is 0.134 e. The van der Waals surface area contributed by atoms with E-state index >= 15 is 0 Å². The van der Waals surface area contributed by atoms with Crippen molar-refractivity contribution in [1.82, 2.24) is 9.97 Å². The fraction of sp³-hybridized carbons (Fsp3) is 0.714. The Hall–Kier alpha value is -1.36. The molecule has 0 bridgehead atoms. The Balaban J connectivity index is 2.21. The molecule has 1 aromatic heterocycles. The van der Waals surface area contributed by atoms with Crippen LogP contribution in [0.5, 0.6) is 0 Å². The van der Waals surface area contributed by atoms with Gasteiger partial charge in [0.25, 0.3) is 0 Å². The molecule has 1 aliphatic rings. The molecule has 0 radical (unpaired) electrons. The largest absolute Gasteiger partial charge is 0.383 e. The van der Waals surface area contributed by atoms with E-state index in [-0.39, 0.29) is 0 Å². The van der Waals surface area contributed by atoms with Crippen LogP contribution in [0.15, 0.2) is 6.07 Å². The summed E-state index contributed by atoms with van der Waals surface area (Å²) in [5.74, 6) is 2.85. The van der Waals surface area contributed by atoms with Crippen molar-refractivity contribution in [3.8, 4) is 0 Å². The second kappa shape index (κ2) is 6.70. The van der Waals surface area contributed by atoms with Crippen LogP contribution in [0.3, 0.4) is 0 Å². The predicted octanol–water partition coefficient (Wildman–Crippen LogP) is 2.09. The van der Waals surface area contributed by atoms with Crippen LogP contribution in [0, 0.1) is 0 Å². The summed E-state index contributed by atoms with van der Waals surface area (Å²) in [6, 6.07) is 2.66. The molecule has 106 valence electrons. The lowest BCUT2D eigenvalue weighted by molar-refractivity contribution is 0.204. The number of rotatable bonds is 8. The first-order valence-corrected chi connectivity index (χ1v) is 7.09. The third kappa shape index (κ3) is 3.80. The standard InChI is InChI=1S/C14H24N4O/c1-4-5-12-16-13(15-2)10-14(17-12)18(8-9-19-3)11-6-7-11/h10-11H,4-9H2,1-3H3,(H,15,16,17). The van der Waals surface area contributed by atoms with Gasteiger partial charge in [-0.2, -0.15) is 0 Å². The van der Waals surface area contributed by atoms with Crippen LogP contribution in [-0.2, 0) is 11.2 Å². The van der Waals surface area contributed by atoms with Gasteiger partial charge in [0, 0.05) is 39.2 Å². The Bertz CT molecular complexity index is 406. The van der Waals surface area contributed by atoms with Crippen LogP contribution >= 0.6 is 0 Å². The highest BCUT2D eigenvalue weighted by molar-refractivity contribution is 5.50. The zero-order valence-electron chi connectivity index (χ0n) is 12.1. The van der Waals surface area contributed by atoms with Crippen molar-refractivity contribution >= 4 is 11.6 Å². The van der Waals surface area contributed by atoms with Gasteiger partial charge in [-0.15, -0.1) is 0 Å². The van der Waals surface area contributed by atoms with Crippen LogP contribution < -0.4 is 10.2 Å². The maximum atomic E-state index is 5.21. The lowest BCUT2D eigenvalue weighted by atomic mass is 10.3. The van der Waals surface area contributed by atoms with E-state index in [1.54, 1.807) is 7.11 Å². The molecule has 19 heavy (non-hydrogen) atoms. The van der Waals surface area contributed by atoms with Gasteiger partial charge < -0.3 is 15.0 Å². The fourth-order valence-corrected chi connectivity index (χ4v) is 2.15. The highest BCUT2D eigenvalue weighted by atomic mass is 16.5. The van der Waals surface area contributed by atoms with E-state index in [1.165, 1.54) is 12.8 Å². The van der Waals surface area contributed by atoms with Crippen molar-refractivity contribution in [2.75, 3.05) is 37.5 Å². The van der Waals surface area contributed by atoms with E-state index in [2.05, 4.69) is 22.1 Å². The third-order valence-electron chi connectivity index (χ3n) is 3.31. The number of hydrogen-bond donors (Lipinski definition) is 1. The van der Waals surface area contributed by atoms with Gasteiger partial charge in [-0.1, -0.05) is 6.92 Å².